The van der Waals surface area contributed by atoms with Crippen molar-refractivity contribution in [2.45, 2.75) is 38.7 Å². The normalized spacial score (nSPS) is 10.8. The molecule has 3 rings (SSSR count). The molecule has 0 fully saturated rings. The molecule has 0 spiro atoms. The van der Waals surface area contributed by atoms with E-state index in [0.717, 1.165) is 33.4 Å². The standard InChI is InChI=1S/C22H24N2O4S/c1-12-7-13(2)20(15(4)25)14(3)19(12)11-29-22-24-23-21(28-22)16-8-17(26-5)10-18(9-16)27-6/h7-10H,11H2,1-6H3. The molecule has 3 aromatic rings. The van der Waals surface area contributed by atoms with Crippen LogP contribution in [0.2, 0.25) is 0 Å². The first-order valence-corrected chi connectivity index (χ1v) is 10.1. The lowest BCUT2D eigenvalue weighted by Gasteiger charge is -2.15. The van der Waals surface area contributed by atoms with Gasteiger partial charge in [0.05, 0.1) is 14.2 Å². The summed E-state index contributed by atoms with van der Waals surface area (Å²) in [7, 11) is 3.18. The number of Topliss-reactive ketones (excluding diaryl/α,β-unsaturated/α-hetero) is 1. The van der Waals surface area contributed by atoms with Crippen LogP contribution in [0.1, 0.15) is 39.5 Å². The Bertz CT molecular complexity index is 1040. The van der Waals surface area contributed by atoms with Gasteiger partial charge in [-0.1, -0.05) is 17.8 Å². The van der Waals surface area contributed by atoms with Gasteiger partial charge in [-0.05, 0) is 62.1 Å². The summed E-state index contributed by atoms with van der Waals surface area (Å²) in [6, 6.07) is 7.47. The molecule has 1 aromatic heterocycles. The van der Waals surface area contributed by atoms with Crippen molar-refractivity contribution in [3.05, 3.63) is 52.1 Å². The molecule has 0 saturated heterocycles. The zero-order valence-corrected chi connectivity index (χ0v) is 18.3. The third-order valence-corrected chi connectivity index (χ3v) is 5.67. The Kier molecular flexibility index (Phi) is 6.27. The van der Waals surface area contributed by atoms with Gasteiger partial charge in [-0.15, -0.1) is 10.2 Å². The summed E-state index contributed by atoms with van der Waals surface area (Å²) in [4.78, 5) is 12.0. The second-order valence-corrected chi connectivity index (χ2v) is 7.73. The van der Waals surface area contributed by atoms with Crippen molar-refractivity contribution in [1.29, 1.82) is 0 Å². The van der Waals surface area contributed by atoms with E-state index in [-0.39, 0.29) is 5.78 Å². The van der Waals surface area contributed by atoms with Gasteiger partial charge in [-0.2, -0.15) is 0 Å². The molecule has 6 nitrogen and oxygen atoms in total. The molecule has 2 aromatic carbocycles. The topological polar surface area (TPSA) is 74.5 Å². The van der Waals surface area contributed by atoms with E-state index in [4.69, 9.17) is 13.9 Å². The van der Waals surface area contributed by atoms with Gasteiger partial charge < -0.3 is 13.9 Å². The van der Waals surface area contributed by atoms with Crippen molar-refractivity contribution >= 4 is 17.5 Å². The number of methoxy groups -OCH3 is 2. The Balaban J connectivity index is 1.84. The summed E-state index contributed by atoms with van der Waals surface area (Å²) in [5, 5.41) is 8.77. The highest BCUT2D eigenvalue weighted by atomic mass is 32.2. The van der Waals surface area contributed by atoms with Crippen molar-refractivity contribution in [3.8, 4) is 23.0 Å². The maximum Gasteiger partial charge on any atom is 0.277 e. The number of aryl methyl sites for hydroxylation is 2. The highest BCUT2D eigenvalue weighted by molar-refractivity contribution is 7.98. The van der Waals surface area contributed by atoms with E-state index < -0.39 is 0 Å². The fraction of sp³-hybridized carbons (Fsp3) is 0.318. The highest BCUT2D eigenvalue weighted by Gasteiger charge is 2.17. The zero-order chi connectivity index (χ0) is 21.1. The zero-order valence-electron chi connectivity index (χ0n) is 17.5. The number of rotatable bonds is 7. The van der Waals surface area contributed by atoms with Crippen LogP contribution >= 0.6 is 11.8 Å². The van der Waals surface area contributed by atoms with Gasteiger partial charge in [0.2, 0.25) is 5.89 Å². The van der Waals surface area contributed by atoms with Gasteiger partial charge in [-0.25, -0.2) is 0 Å². The first kappa shape index (κ1) is 20.9. The molecule has 152 valence electrons. The molecular formula is C22H24N2O4S. The van der Waals surface area contributed by atoms with Crippen LogP contribution in [0, 0.1) is 20.8 Å². The van der Waals surface area contributed by atoms with Crippen LogP contribution in [0.25, 0.3) is 11.5 Å². The predicted molar refractivity (Wildman–Crippen MR) is 113 cm³/mol. The van der Waals surface area contributed by atoms with E-state index in [1.54, 1.807) is 27.2 Å². The Hall–Kier alpha value is -2.80. The molecule has 29 heavy (non-hydrogen) atoms. The van der Waals surface area contributed by atoms with Crippen LogP contribution in [0.4, 0.5) is 0 Å². The Labute approximate surface area is 174 Å². The molecule has 0 unspecified atom stereocenters. The van der Waals surface area contributed by atoms with Gasteiger partial charge in [0.1, 0.15) is 11.5 Å². The van der Waals surface area contributed by atoms with Crippen molar-refractivity contribution in [3.63, 3.8) is 0 Å². The van der Waals surface area contributed by atoms with Crippen LogP contribution in [0.3, 0.4) is 0 Å². The number of carbonyl (C=O) groups is 1. The van der Waals surface area contributed by atoms with Crippen LogP contribution in [-0.2, 0) is 5.75 Å². The van der Waals surface area contributed by atoms with E-state index in [2.05, 4.69) is 23.2 Å². The van der Waals surface area contributed by atoms with Crippen LogP contribution in [0.5, 0.6) is 11.5 Å². The summed E-state index contributed by atoms with van der Waals surface area (Å²) in [5.41, 5.74) is 5.81. The van der Waals surface area contributed by atoms with Gasteiger partial charge in [-0.3, -0.25) is 4.79 Å². The first-order valence-electron chi connectivity index (χ1n) is 9.14. The molecule has 0 saturated carbocycles. The Morgan fingerprint density at radius 1 is 1.00 bits per heavy atom. The van der Waals surface area contributed by atoms with Gasteiger partial charge >= 0.3 is 0 Å². The van der Waals surface area contributed by atoms with Gasteiger partial charge in [0.25, 0.3) is 5.22 Å². The lowest BCUT2D eigenvalue weighted by atomic mass is 9.92. The second-order valence-electron chi connectivity index (χ2n) is 6.81. The Morgan fingerprint density at radius 3 is 2.24 bits per heavy atom. The summed E-state index contributed by atoms with van der Waals surface area (Å²) < 4.78 is 16.4. The molecule has 0 aliphatic carbocycles. The first-order chi connectivity index (χ1) is 13.8. The second kappa shape index (κ2) is 8.69. The number of hydrogen-bond donors (Lipinski definition) is 0. The van der Waals surface area contributed by atoms with Crippen molar-refractivity contribution < 1.29 is 18.7 Å². The molecule has 7 heteroatoms. The fourth-order valence-corrected chi connectivity index (χ4v) is 4.39. The summed E-state index contributed by atoms with van der Waals surface area (Å²) >= 11 is 1.45. The number of ether oxygens (including phenoxy) is 2. The molecule has 0 amide bonds. The van der Waals surface area contributed by atoms with E-state index in [0.29, 0.717) is 28.4 Å². The maximum atomic E-state index is 12.0. The van der Waals surface area contributed by atoms with Gasteiger partial charge in [0, 0.05) is 22.9 Å². The molecule has 0 N–H and O–H groups in total. The van der Waals surface area contributed by atoms with E-state index in [1.807, 2.05) is 26.0 Å². The quantitative estimate of drug-likeness (QED) is 0.391. The SMILES string of the molecule is COc1cc(OC)cc(-c2nnc(SCc3c(C)cc(C)c(C(C)=O)c3C)o2)c1. The number of ketones is 1. The Morgan fingerprint density at radius 2 is 1.66 bits per heavy atom. The number of hydrogen-bond acceptors (Lipinski definition) is 7. The molecule has 0 atom stereocenters. The van der Waals surface area contributed by atoms with E-state index >= 15 is 0 Å². The lowest BCUT2D eigenvalue weighted by Crippen LogP contribution is -2.05. The fourth-order valence-electron chi connectivity index (χ4n) is 3.44. The summed E-state index contributed by atoms with van der Waals surface area (Å²) in [6.07, 6.45) is 0. The predicted octanol–water partition coefficient (Wildman–Crippen LogP) is 5.17. The van der Waals surface area contributed by atoms with Crippen LogP contribution < -0.4 is 9.47 Å². The number of thioether (sulfide) groups is 1. The molecular weight excluding hydrogens is 388 g/mol. The van der Waals surface area contributed by atoms with Crippen molar-refractivity contribution in [2.75, 3.05) is 14.2 Å². The summed E-state index contributed by atoms with van der Waals surface area (Å²) in [6.45, 7) is 7.63. The molecule has 0 bridgehead atoms. The molecule has 0 aliphatic heterocycles. The average molecular weight is 413 g/mol. The molecule has 1 heterocycles. The number of aromatic nitrogens is 2. The molecule has 0 radical (unpaired) electrons. The minimum Gasteiger partial charge on any atom is -0.497 e. The number of carbonyl (C=O) groups excluding carboxylic acids is 1. The van der Waals surface area contributed by atoms with Crippen molar-refractivity contribution in [1.82, 2.24) is 10.2 Å². The van der Waals surface area contributed by atoms with Crippen molar-refractivity contribution in [2.24, 2.45) is 0 Å². The summed E-state index contributed by atoms with van der Waals surface area (Å²) in [5.74, 6) is 2.41. The third kappa shape index (κ3) is 4.45. The monoisotopic (exact) mass is 412 g/mol. The smallest absolute Gasteiger partial charge is 0.277 e. The largest absolute Gasteiger partial charge is 0.497 e. The van der Waals surface area contributed by atoms with Gasteiger partial charge in [0.15, 0.2) is 5.78 Å². The van der Waals surface area contributed by atoms with E-state index in [9.17, 15) is 4.79 Å². The average Bonchev–Trinajstić information content (AvgIpc) is 3.15. The lowest BCUT2D eigenvalue weighted by molar-refractivity contribution is 0.101. The number of nitrogens with zero attached hydrogens (tertiary/aromatic N) is 2. The minimum atomic E-state index is 0.0818. The van der Waals surface area contributed by atoms with E-state index in [1.165, 1.54) is 11.8 Å². The maximum absolute atomic E-state index is 12.0. The highest BCUT2D eigenvalue weighted by Crippen LogP contribution is 2.33. The van der Waals surface area contributed by atoms with Crippen LogP contribution in [0.15, 0.2) is 33.9 Å². The minimum absolute atomic E-state index is 0.0818. The molecule has 0 aliphatic rings. The number of benzene rings is 2. The third-order valence-electron chi connectivity index (χ3n) is 4.83. The van der Waals surface area contributed by atoms with Crippen LogP contribution in [-0.4, -0.2) is 30.2 Å².